The summed E-state index contributed by atoms with van der Waals surface area (Å²) in [6.45, 7) is 16.0. The van der Waals surface area contributed by atoms with Gasteiger partial charge < -0.3 is 8.99 Å². The molecule has 0 fully saturated rings. The lowest BCUT2D eigenvalue weighted by Gasteiger charge is -2.37. The van der Waals surface area contributed by atoms with Crippen molar-refractivity contribution in [2.45, 2.75) is 71.0 Å². The van der Waals surface area contributed by atoms with Crippen molar-refractivity contribution in [1.29, 1.82) is 0 Å². The quantitative estimate of drug-likeness (QED) is 0.572. The summed E-state index contributed by atoms with van der Waals surface area (Å²) in [5.41, 5.74) is 2.25. The SMILES string of the molecule is CC(=O)C[C@](C)(CCO[Si](C)(C)C(C)(C)C)c1cn(C)c2ccccc12. The van der Waals surface area contributed by atoms with E-state index >= 15 is 0 Å². The molecule has 2 aromatic rings. The van der Waals surface area contributed by atoms with Crippen LogP contribution in [0.3, 0.4) is 0 Å². The molecule has 26 heavy (non-hydrogen) atoms. The first kappa shape index (κ1) is 20.9. The normalized spacial score (nSPS) is 15.2. The Bertz CT molecular complexity index is 785. The topological polar surface area (TPSA) is 31.2 Å². The number of hydrogen-bond acceptors (Lipinski definition) is 2. The van der Waals surface area contributed by atoms with Gasteiger partial charge >= 0.3 is 0 Å². The molecule has 4 heteroatoms. The molecule has 0 spiro atoms. The van der Waals surface area contributed by atoms with Crippen molar-refractivity contribution in [3.8, 4) is 0 Å². The maximum Gasteiger partial charge on any atom is 0.191 e. The third-order valence-electron chi connectivity index (χ3n) is 6.11. The molecule has 0 amide bonds. The van der Waals surface area contributed by atoms with Crippen LogP contribution in [-0.4, -0.2) is 25.3 Å². The molecule has 0 saturated heterocycles. The van der Waals surface area contributed by atoms with Crippen LogP contribution in [0.4, 0.5) is 0 Å². The molecule has 3 nitrogen and oxygen atoms in total. The lowest BCUT2D eigenvalue weighted by Crippen LogP contribution is -2.42. The Morgan fingerprint density at radius 1 is 1.15 bits per heavy atom. The van der Waals surface area contributed by atoms with Gasteiger partial charge in [-0.3, -0.25) is 4.79 Å². The van der Waals surface area contributed by atoms with Gasteiger partial charge in [0.1, 0.15) is 5.78 Å². The van der Waals surface area contributed by atoms with Crippen molar-refractivity contribution >= 4 is 25.0 Å². The van der Waals surface area contributed by atoms with Crippen LogP contribution in [0, 0.1) is 0 Å². The highest BCUT2D eigenvalue weighted by molar-refractivity contribution is 6.74. The predicted octanol–water partition coefficient (Wildman–Crippen LogP) is 5.83. The first-order valence-electron chi connectivity index (χ1n) is 9.55. The molecule has 1 heterocycles. The molecule has 0 aliphatic carbocycles. The van der Waals surface area contributed by atoms with Crippen LogP contribution in [0.2, 0.25) is 18.1 Å². The van der Waals surface area contributed by atoms with E-state index < -0.39 is 8.32 Å². The van der Waals surface area contributed by atoms with Gasteiger partial charge in [0.05, 0.1) is 0 Å². The lowest BCUT2D eigenvalue weighted by atomic mass is 9.76. The monoisotopic (exact) mass is 373 g/mol. The molecule has 1 aromatic heterocycles. The number of aryl methyl sites for hydroxylation is 1. The van der Waals surface area contributed by atoms with E-state index in [9.17, 15) is 4.79 Å². The summed E-state index contributed by atoms with van der Waals surface area (Å²) in [4.78, 5) is 12.1. The van der Waals surface area contributed by atoms with Gasteiger partial charge in [0.25, 0.3) is 0 Å². The highest BCUT2D eigenvalue weighted by Gasteiger charge is 2.38. The van der Waals surface area contributed by atoms with Crippen LogP contribution in [0.1, 0.15) is 53.0 Å². The average Bonchev–Trinajstić information content (AvgIpc) is 2.83. The molecular weight excluding hydrogens is 338 g/mol. The number of fused-ring (bicyclic) bond motifs is 1. The van der Waals surface area contributed by atoms with E-state index in [4.69, 9.17) is 4.43 Å². The van der Waals surface area contributed by atoms with E-state index in [1.54, 1.807) is 6.92 Å². The van der Waals surface area contributed by atoms with Crippen molar-refractivity contribution in [3.63, 3.8) is 0 Å². The second-order valence-electron chi connectivity index (χ2n) is 9.47. The first-order valence-corrected chi connectivity index (χ1v) is 12.5. The van der Waals surface area contributed by atoms with E-state index in [2.05, 4.69) is 82.9 Å². The van der Waals surface area contributed by atoms with Crippen LogP contribution in [-0.2, 0) is 21.7 Å². The smallest absolute Gasteiger partial charge is 0.191 e. The minimum atomic E-state index is -1.78. The highest BCUT2D eigenvalue weighted by Crippen LogP contribution is 2.40. The molecule has 0 unspecified atom stereocenters. The number of hydrogen-bond donors (Lipinski definition) is 0. The van der Waals surface area contributed by atoms with E-state index in [0.717, 1.165) is 6.42 Å². The number of para-hydroxylation sites is 1. The Balaban J connectivity index is 2.32. The molecule has 0 bridgehead atoms. The van der Waals surface area contributed by atoms with Gasteiger partial charge in [0.15, 0.2) is 8.32 Å². The largest absolute Gasteiger partial charge is 0.417 e. The van der Waals surface area contributed by atoms with Gasteiger partial charge in [-0.2, -0.15) is 0 Å². The molecule has 0 radical (unpaired) electrons. The minimum Gasteiger partial charge on any atom is -0.417 e. The van der Waals surface area contributed by atoms with Crippen molar-refractivity contribution in [1.82, 2.24) is 4.57 Å². The van der Waals surface area contributed by atoms with Crippen molar-refractivity contribution in [2.75, 3.05) is 6.61 Å². The van der Waals surface area contributed by atoms with Crippen molar-refractivity contribution in [2.24, 2.45) is 7.05 Å². The molecule has 0 aliphatic heterocycles. The Morgan fingerprint density at radius 3 is 2.35 bits per heavy atom. The Kier molecular flexibility index (Phi) is 5.89. The summed E-state index contributed by atoms with van der Waals surface area (Å²) in [5, 5.41) is 1.44. The standard InChI is InChI=1S/C22H35NO2Si/c1-17(24)15-22(5,13-14-25-26(7,8)21(2,3)4)19-16-23(6)20-12-10-9-11-18(19)20/h9-12,16H,13-15H2,1-8H3/t22-/m0/s1. The van der Waals surface area contributed by atoms with Gasteiger partial charge in [-0.25, -0.2) is 0 Å². The summed E-state index contributed by atoms with van der Waals surface area (Å²) >= 11 is 0. The molecule has 2 rings (SSSR count). The number of rotatable bonds is 7. The number of benzene rings is 1. The van der Waals surface area contributed by atoms with Crippen molar-refractivity contribution in [3.05, 3.63) is 36.0 Å². The molecule has 1 atom stereocenters. The van der Waals surface area contributed by atoms with Crippen LogP contribution in [0.25, 0.3) is 10.9 Å². The third-order valence-corrected chi connectivity index (χ3v) is 10.6. The summed E-state index contributed by atoms with van der Waals surface area (Å²) < 4.78 is 8.60. The zero-order valence-electron chi connectivity index (χ0n) is 17.8. The number of ketones is 1. The summed E-state index contributed by atoms with van der Waals surface area (Å²) in [7, 11) is 0.291. The van der Waals surface area contributed by atoms with Crippen LogP contribution in [0.5, 0.6) is 0 Å². The number of nitrogens with zero attached hydrogens (tertiary/aromatic N) is 1. The second kappa shape index (κ2) is 7.32. The van der Waals surface area contributed by atoms with Gasteiger partial charge in [-0.15, -0.1) is 0 Å². The molecule has 144 valence electrons. The maximum absolute atomic E-state index is 12.1. The zero-order chi connectivity index (χ0) is 19.8. The van der Waals surface area contributed by atoms with E-state index in [0.29, 0.717) is 13.0 Å². The maximum atomic E-state index is 12.1. The summed E-state index contributed by atoms with van der Waals surface area (Å²) in [5.74, 6) is 0.229. The molecular formula is C22H35NO2Si. The summed E-state index contributed by atoms with van der Waals surface area (Å²) in [6, 6.07) is 8.44. The highest BCUT2D eigenvalue weighted by atomic mass is 28.4. The van der Waals surface area contributed by atoms with Gasteiger partial charge in [-0.05, 0) is 43.1 Å². The molecule has 0 aliphatic rings. The number of carbonyl (C=O) groups is 1. The van der Waals surface area contributed by atoms with Crippen molar-refractivity contribution < 1.29 is 9.22 Å². The Hall–Kier alpha value is -1.39. The summed E-state index contributed by atoms with van der Waals surface area (Å²) in [6.07, 6.45) is 3.59. The fourth-order valence-electron chi connectivity index (χ4n) is 3.44. The first-order chi connectivity index (χ1) is 11.9. The van der Waals surface area contributed by atoms with Crippen LogP contribution in [0.15, 0.2) is 30.5 Å². The molecule has 0 N–H and O–H groups in total. The zero-order valence-corrected chi connectivity index (χ0v) is 18.8. The predicted molar refractivity (Wildman–Crippen MR) is 113 cm³/mol. The van der Waals surface area contributed by atoms with Crippen LogP contribution < -0.4 is 0 Å². The number of carbonyl (C=O) groups excluding carboxylic acids is 1. The Morgan fingerprint density at radius 2 is 1.77 bits per heavy atom. The number of aromatic nitrogens is 1. The van der Waals surface area contributed by atoms with Crippen LogP contribution >= 0.6 is 0 Å². The molecule has 0 saturated carbocycles. The second-order valence-corrected chi connectivity index (χ2v) is 14.3. The average molecular weight is 374 g/mol. The lowest BCUT2D eigenvalue weighted by molar-refractivity contribution is -0.118. The van der Waals surface area contributed by atoms with E-state index in [1.807, 2.05) is 0 Å². The van der Waals surface area contributed by atoms with Gasteiger partial charge in [0, 0.05) is 42.6 Å². The molecule has 1 aromatic carbocycles. The van der Waals surface area contributed by atoms with Gasteiger partial charge in [-0.1, -0.05) is 45.9 Å². The van der Waals surface area contributed by atoms with E-state index in [-0.39, 0.29) is 16.2 Å². The van der Waals surface area contributed by atoms with Gasteiger partial charge in [0.2, 0.25) is 0 Å². The Labute approximate surface area is 159 Å². The fraction of sp³-hybridized carbons (Fsp3) is 0.591. The fourth-order valence-corrected chi connectivity index (χ4v) is 4.48. The minimum absolute atomic E-state index is 0.198. The third kappa shape index (κ3) is 4.29. The van der Waals surface area contributed by atoms with E-state index in [1.165, 1.54) is 16.5 Å². The number of Topliss-reactive ketones (excluding diaryl/α,β-unsaturated/α-hetero) is 1.